The molecule has 0 fully saturated rings. The average Bonchev–Trinajstić information content (AvgIpc) is 2.15. The lowest BCUT2D eigenvalue weighted by Crippen LogP contribution is -2.38. The van der Waals surface area contributed by atoms with Crippen molar-refractivity contribution >= 4 is 29.9 Å². The first kappa shape index (κ1) is 18.3. The van der Waals surface area contributed by atoms with Crippen molar-refractivity contribution in [2.45, 2.75) is 20.3 Å². The van der Waals surface area contributed by atoms with E-state index in [2.05, 4.69) is 24.2 Å². The first-order valence-electron chi connectivity index (χ1n) is 5.53. The molecule has 0 aliphatic heterocycles. The molecule has 0 rings (SSSR count). The highest BCUT2D eigenvalue weighted by molar-refractivity contribution is 14.0. The van der Waals surface area contributed by atoms with Gasteiger partial charge in [-0.3, -0.25) is 4.99 Å². The monoisotopic (exact) mass is 343 g/mol. The third-order valence-corrected chi connectivity index (χ3v) is 2.00. The molecule has 0 aromatic heterocycles. The van der Waals surface area contributed by atoms with Gasteiger partial charge < -0.3 is 15.0 Å². The number of ether oxygens (including phenoxy) is 1. The molecule has 0 unspecified atom stereocenters. The number of halogens is 1. The van der Waals surface area contributed by atoms with Gasteiger partial charge in [0, 0.05) is 34.3 Å². The van der Waals surface area contributed by atoms with Crippen LogP contribution in [0.5, 0.6) is 0 Å². The molecule has 0 aliphatic carbocycles. The first-order chi connectivity index (χ1) is 7.07. The molecule has 0 saturated heterocycles. The van der Waals surface area contributed by atoms with Crippen LogP contribution < -0.4 is 5.32 Å². The Balaban J connectivity index is 0. The fourth-order valence-corrected chi connectivity index (χ4v) is 1.09. The molecule has 5 heteroatoms. The normalized spacial score (nSPS) is 11.2. The van der Waals surface area contributed by atoms with E-state index in [1.807, 2.05) is 19.0 Å². The quantitative estimate of drug-likeness (QED) is 0.346. The third kappa shape index (κ3) is 10.5. The maximum Gasteiger partial charge on any atom is 0.193 e. The summed E-state index contributed by atoms with van der Waals surface area (Å²) in [6, 6.07) is 0. The van der Waals surface area contributed by atoms with Gasteiger partial charge in [-0.25, -0.2) is 0 Å². The minimum Gasteiger partial charge on any atom is -0.380 e. The van der Waals surface area contributed by atoms with Crippen molar-refractivity contribution in [3.8, 4) is 0 Å². The van der Waals surface area contributed by atoms with Gasteiger partial charge in [0.05, 0.1) is 6.61 Å². The largest absolute Gasteiger partial charge is 0.380 e. The van der Waals surface area contributed by atoms with E-state index >= 15 is 0 Å². The number of nitrogens with one attached hydrogen (secondary N) is 1. The third-order valence-electron chi connectivity index (χ3n) is 2.00. The van der Waals surface area contributed by atoms with Crippen LogP contribution in [0, 0.1) is 5.92 Å². The lowest BCUT2D eigenvalue weighted by atomic mass is 10.1. The second-order valence-electron chi connectivity index (χ2n) is 4.16. The number of hydrogen-bond donors (Lipinski definition) is 1. The molecule has 0 atom stereocenters. The lowest BCUT2D eigenvalue weighted by molar-refractivity contribution is 0.127. The average molecular weight is 343 g/mol. The standard InChI is InChI=1S/C11H25N3O.HI/c1-10(2)6-8-15-9-7-13-11(12-3)14(4)5;/h10H,6-9H2,1-5H3,(H,12,13);1H. The predicted octanol–water partition coefficient (Wildman–Crippen LogP) is 1.80. The highest BCUT2D eigenvalue weighted by atomic mass is 127. The van der Waals surface area contributed by atoms with Gasteiger partial charge in [-0.05, 0) is 12.3 Å². The van der Waals surface area contributed by atoms with E-state index in [1.54, 1.807) is 7.05 Å². The fourth-order valence-electron chi connectivity index (χ4n) is 1.09. The highest BCUT2D eigenvalue weighted by Crippen LogP contribution is 1.98. The molecule has 98 valence electrons. The van der Waals surface area contributed by atoms with Crippen LogP contribution in [0.3, 0.4) is 0 Å². The summed E-state index contributed by atoms with van der Waals surface area (Å²) in [5.74, 6) is 1.61. The summed E-state index contributed by atoms with van der Waals surface area (Å²) in [4.78, 5) is 6.06. The molecule has 0 bridgehead atoms. The van der Waals surface area contributed by atoms with E-state index in [1.165, 1.54) is 0 Å². The van der Waals surface area contributed by atoms with Crippen LogP contribution in [0.2, 0.25) is 0 Å². The van der Waals surface area contributed by atoms with Crippen molar-refractivity contribution in [2.24, 2.45) is 10.9 Å². The van der Waals surface area contributed by atoms with Crippen LogP contribution in [0.25, 0.3) is 0 Å². The highest BCUT2D eigenvalue weighted by Gasteiger charge is 1.98. The topological polar surface area (TPSA) is 36.9 Å². The molecular weight excluding hydrogens is 317 g/mol. The molecule has 4 nitrogen and oxygen atoms in total. The van der Waals surface area contributed by atoms with E-state index in [-0.39, 0.29) is 24.0 Å². The summed E-state index contributed by atoms with van der Waals surface area (Å²) in [6.07, 6.45) is 1.13. The van der Waals surface area contributed by atoms with Gasteiger partial charge in [-0.1, -0.05) is 13.8 Å². The Hall–Kier alpha value is -0.0400. The van der Waals surface area contributed by atoms with Crippen LogP contribution in [0.15, 0.2) is 4.99 Å². The molecule has 16 heavy (non-hydrogen) atoms. The summed E-state index contributed by atoms with van der Waals surface area (Å²) in [7, 11) is 5.71. The van der Waals surface area contributed by atoms with Crippen LogP contribution in [-0.2, 0) is 4.74 Å². The number of nitrogens with zero attached hydrogens (tertiary/aromatic N) is 2. The van der Waals surface area contributed by atoms with Crippen molar-refractivity contribution in [3.05, 3.63) is 0 Å². The van der Waals surface area contributed by atoms with E-state index in [9.17, 15) is 0 Å². The molecule has 0 spiro atoms. The predicted molar refractivity (Wildman–Crippen MR) is 80.7 cm³/mol. The summed E-state index contributed by atoms with van der Waals surface area (Å²) in [5.41, 5.74) is 0. The smallest absolute Gasteiger partial charge is 0.193 e. The SMILES string of the molecule is CN=C(NCCOCCC(C)C)N(C)C.I. The van der Waals surface area contributed by atoms with Crippen LogP contribution in [0.4, 0.5) is 0 Å². The molecule has 0 aromatic carbocycles. The first-order valence-corrected chi connectivity index (χ1v) is 5.53. The summed E-state index contributed by atoms with van der Waals surface area (Å²) in [5, 5.41) is 3.21. The molecule has 1 N–H and O–H groups in total. The van der Waals surface area contributed by atoms with Crippen molar-refractivity contribution in [1.82, 2.24) is 10.2 Å². The van der Waals surface area contributed by atoms with Gasteiger partial charge in [-0.15, -0.1) is 24.0 Å². The Morgan fingerprint density at radius 3 is 2.38 bits per heavy atom. The van der Waals surface area contributed by atoms with Gasteiger partial charge in [0.2, 0.25) is 0 Å². The van der Waals surface area contributed by atoms with Gasteiger partial charge in [0.15, 0.2) is 5.96 Å². The van der Waals surface area contributed by atoms with Crippen molar-refractivity contribution < 1.29 is 4.74 Å². The zero-order valence-electron chi connectivity index (χ0n) is 11.1. The maximum atomic E-state index is 5.48. The van der Waals surface area contributed by atoms with E-state index in [4.69, 9.17) is 4.74 Å². The Bertz CT molecular complexity index is 184. The molecular formula is C11H26IN3O. The van der Waals surface area contributed by atoms with Crippen molar-refractivity contribution in [2.75, 3.05) is 40.9 Å². The fraction of sp³-hybridized carbons (Fsp3) is 0.909. The summed E-state index contributed by atoms with van der Waals surface area (Å²) < 4.78 is 5.48. The second kappa shape index (κ2) is 11.4. The Labute approximate surface area is 117 Å². The van der Waals surface area contributed by atoms with E-state index in [0.717, 1.165) is 32.1 Å². The Morgan fingerprint density at radius 1 is 1.31 bits per heavy atom. The molecule has 0 radical (unpaired) electrons. The molecule has 0 saturated carbocycles. The number of guanidine groups is 1. The van der Waals surface area contributed by atoms with Gasteiger partial charge >= 0.3 is 0 Å². The second-order valence-corrected chi connectivity index (χ2v) is 4.16. The number of rotatable bonds is 6. The molecule has 0 heterocycles. The molecule has 0 amide bonds. The van der Waals surface area contributed by atoms with E-state index in [0.29, 0.717) is 5.92 Å². The summed E-state index contributed by atoms with van der Waals surface area (Å²) in [6.45, 7) is 6.80. The van der Waals surface area contributed by atoms with Crippen LogP contribution in [0.1, 0.15) is 20.3 Å². The molecule has 0 aromatic rings. The number of aliphatic imine (C=N–C) groups is 1. The Kier molecular flexibility index (Phi) is 13.1. The Morgan fingerprint density at radius 2 is 1.94 bits per heavy atom. The molecule has 0 aliphatic rings. The minimum atomic E-state index is 0. The van der Waals surface area contributed by atoms with Gasteiger partial charge in [-0.2, -0.15) is 0 Å². The van der Waals surface area contributed by atoms with Crippen molar-refractivity contribution in [1.29, 1.82) is 0 Å². The van der Waals surface area contributed by atoms with E-state index < -0.39 is 0 Å². The van der Waals surface area contributed by atoms with Gasteiger partial charge in [0.25, 0.3) is 0 Å². The lowest BCUT2D eigenvalue weighted by Gasteiger charge is -2.16. The van der Waals surface area contributed by atoms with Crippen LogP contribution in [-0.4, -0.2) is 51.8 Å². The zero-order chi connectivity index (χ0) is 11.7. The maximum absolute atomic E-state index is 5.48. The number of hydrogen-bond acceptors (Lipinski definition) is 2. The van der Waals surface area contributed by atoms with Crippen LogP contribution >= 0.6 is 24.0 Å². The van der Waals surface area contributed by atoms with Gasteiger partial charge in [0.1, 0.15) is 0 Å². The summed E-state index contributed by atoms with van der Waals surface area (Å²) >= 11 is 0. The minimum absolute atomic E-state index is 0. The van der Waals surface area contributed by atoms with Crippen molar-refractivity contribution in [3.63, 3.8) is 0 Å². The zero-order valence-corrected chi connectivity index (χ0v) is 13.4.